The molecule has 2 aliphatic rings. The molecule has 2 unspecified atom stereocenters. The summed E-state index contributed by atoms with van der Waals surface area (Å²) < 4.78 is 5.31. The topological polar surface area (TPSA) is 7.76 Å². The minimum absolute atomic E-state index is 0.163. The molecule has 2 aromatic heterocycles. The van der Waals surface area contributed by atoms with Crippen molar-refractivity contribution < 1.29 is 9.13 Å². The third-order valence-corrected chi connectivity index (χ3v) is 8.96. The second kappa shape index (κ2) is 7.86. The lowest BCUT2D eigenvalue weighted by Crippen LogP contribution is -2.78. The Morgan fingerprint density at radius 1 is 0.694 bits per heavy atom. The number of aromatic nitrogens is 2. The molecular weight excluding hydrogens is 436 g/mol. The van der Waals surface area contributed by atoms with Crippen molar-refractivity contribution in [2.45, 2.75) is 50.6 Å². The Labute approximate surface area is 213 Å². The molecule has 5 aromatic rings. The van der Waals surface area contributed by atoms with Crippen molar-refractivity contribution in [3.63, 3.8) is 0 Å². The van der Waals surface area contributed by atoms with E-state index in [4.69, 9.17) is 0 Å². The Morgan fingerprint density at radius 3 is 2.31 bits per heavy atom. The summed E-state index contributed by atoms with van der Waals surface area (Å²) in [7, 11) is 0. The zero-order chi connectivity index (χ0) is 24.3. The molecule has 0 saturated carbocycles. The van der Waals surface area contributed by atoms with Gasteiger partial charge >= 0.3 is 0 Å². The Hall–Kier alpha value is -3.78. The van der Waals surface area contributed by atoms with Crippen molar-refractivity contribution in [3.05, 3.63) is 121 Å². The average Bonchev–Trinajstić information content (AvgIpc) is 3.23. The minimum atomic E-state index is -0.195. The first-order valence-corrected chi connectivity index (χ1v) is 13.4. The van der Waals surface area contributed by atoms with Crippen LogP contribution in [0.2, 0.25) is 0 Å². The molecule has 0 amide bonds. The molecule has 176 valence electrons. The maximum absolute atomic E-state index is 2.68. The lowest BCUT2D eigenvalue weighted by molar-refractivity contribution is -0.861. The van der Waals surface area contributed by atoms with Crippen molar-refractivity contribution in [3.8, 4) is 22.5 Å². The highest BCUT2D eigenvalue weighted by molar-refractivity contribution is 5.94. The normalized spacial score (nSPS) is 21.5. The molecule has 2 atom stereocenters. The highest BCUT2D eigenvalue weighted by Gasteiger charge is 2.70. The van der Waals surface area contributed by atoms with Gasteiger partial charge in [0, 0.05) is 43.0 Å². The van der Waals surface area contributed by atoms with Gasteiger partial charge in [-0.25, -0.2) is 0 Å². The molecule has 36 heavy (non-hydrogen) atoms. The van der Waals surface area contributed by atoms with E-state index >= 15 is 0 Å². The first-order valence-electron chi connectivity index (χ1n) is 13.4. The van der Waals surface area contributed by atoms with E-state index in [1.807, 2.05) is 0 Å². The van der Waals surface area contributed by atoms with E-state index in [9.17, 15) is 0 Å². The van der Waals surface area contributed by atoms with Crippen LogP contribution in [0.5, 0.6) is 0 Å². The van der Waals surface area contributed by atoms with Crippen LogP contribution in [0, 0.1) is 0 Å². The van der Waals surface area contributed by atoms with Crippen molar-refractivity contribution in [1.29, 1.82) is 0 Å². The third-order valence-electron chi connectivity index (χ3n) is 8.96. The summed E-state index contributed by atoms with van der Waals surface area (Å²) in [5.41, 5.74) is 7.99. The van der Waals surface area contributed by atoms with Gasteiger partial charge in [0.2, 0.25) is 16.9 Å². The van der Waals surface area contributed by atoms with Gasteiger partial charge < -0.3 is 0 Å². The Morgan fingerprint density at radius 2 is 1.44 bits per heavy atom. The van der Waals surface area contributed by atoms with Gasteiger partial charge in [0.05, 0.1) is 16.5 Å². The lowest BCUT2D eigenvalue weighted by atomic mass is 9.63. The molecule has 2 heteroatoms. The van der Waals surface area contributed by atoms with Gasteiger partial charge in [0.15, 0.2) is 12.4 Å². The van der Waals surface area contributed by atoms with Crippen LogP contribution >= 0.6 is 0 Å². The molecule has 3 aromatic carbocycles. The maximum atomic E-state index is 2.68. The predicted molar refractivity (Wildman–Crippen MR) is 146 cm³/mol. The lowest BCUT2D eigenvalue weighted by Gasteiger charge is -2.43. The van der Waals surface area contributed by atoms with Gasteiger partial charge in [-0.15, -0.1) is 0 Å². The molecule has 0 aliphatic carbocycles. The molecule has 0 spiro atoms. The zero-order valence-electron chi connectivity index (χ0n) is 21.1. The third kappa shape index (κ3) is 2.57. The van der Waals surface area contributed by atoms with E-state index in [1.165, 1.54) is 44.4 Å². The smallest absolute Gasteiger partial charge is 0.184 e. The molecular formula is C34H32N2+2. The van der Waals surface area contributed by atoms with Crippen LogP contribution in [0.3, 0.4) is 0 Å². The largest absolute Gasteiger partial charge is 0.258 e. The van der Waals surface area contributed by atoms with Crippen LogP contribution in [0.15, 0.2) is 109 Å². The van der Waals surface area contributed by atoms with Crippen molar-refractivity contribution in [2.75, 3.05) is 0 Å². The number of fused-ring (bicyclic) bond motifs is 8. The van der Waals surface area contributed by atoms with Gasteiger partial charge in [0.1, 0.15) is 0 Å². The SMILES string of the molecule is CCCC1(C2(CC)Cc3ccccc3-c3c4ccccc4cc[n+]32)c2ccccc2-c2cccc[n+]21. The quantitative estimate of drug-likeness (QED) is 0.252. The van der Waals surface area contributed by atoms with E-state index in [2.05, 4.69) is 132 Å². The fourth-order valence-electron chi connectivity index (χ4n) is 7.60. The predicted octanol–water partition coefficient (Wildman–Crippen LogP) is 6.97. The summed E-state index contributed by atoms with van der Waals surface area (Å²) in [4.78, 5) is 0. The molecule has 2 aliphatic heterocycles. The van der Waals surface area contributed by atoms with Gasteiger partial charge in [-0.2, -0.15) is 9.13 Å². The first kappa shape index (κ1) is 21.5. The van der Waals surface area contributed by atoms with Crippen LogP contribution in [0.1, 0.15) is 44.2 Å². The van der Waals surface area contributed by atoms with E-state index in [-0.39, 0.29) is 11.1 Å². The summed E-state index contributed by atoms with van der Waals surface area (Å²) >= 11 is 0. The van der Waals surface area contributed by atoms with Crippen LogP contribution in [0.25, 0.3) is 33.3 Å². The standard InChI is InChI=1S/C34H32N2/c1-3-21-34(30-18-10-9-17-29(30)31-19-11-12-22-35(31)34)33(4-2)24-26-14-6-8-16-28(26)32-27-15-7-5-13-25(27)20-23-36(32)33/h5-20,22-23H,3-4,21,24H2,1-2H3/q+2. The summed E-state index contributed by atoms with van der Waals surface area (Å²) in [6.07, 6.45) is 8.96. The number of rotatable bonds is 4. The minimum Gasteiger partial charge on any atom is -0.184 e. The summed E-state index contributed by atoms with van der Waals surface area (Å²) in [6.45, 7) is 4.75. The monoisotopic (exact) mass is 468 g/mol. The van der Waals surface area contributed by atoms with E-state index in [1.54, 1.807) is 0 Å². The number of pyridine rings is 2. The van der Waals surface area contributed by atoms with Gasteiger partial charge in [0.25, 0.3) is 5.54 Å². The second-order valence-electron chi connectivity index (χ2n) is 10.5. The molecule has 0 saturated heterocycles. The van der Waals surface area contributed by atoms with E-state index < -0.39 is 0 Å². The van der Waals surface area contributed by atoms with Crippen LogP contribution in [-0.4, -0.2) is 0 Å². The van der Waals surface area contributed by atoms with Crippen molar-refractivity contribution >= 4 is 10.8 Å². The van der Waals surface area contributed by atoms with E-state index in [0.717, 1.165) is 25.7 Å². The van der Waals surface area contributed by atoms with Crippen LogP contribution < -0.4 is 9.13 Å². The van der Waals surface area contributed by atoms with Crippen LogP contribution in [0.4, 0.5) is 0 Å². The van der Waals surface area contributed by atoms with E-state index in [0.29, 0.717) is 0 Å². The Bertz CT molecular complexity index is 1590. The summed E-state index contributed by atoms with van der Waals surface area (Å²) in [6, 6.07) is 36.2. The fourth-order valence-corrected chi connectivity index (χ4v) is 7.60. The first-order chi connectivity index (χ1) is 17.7. The maximum Gasteiger partial charge on any atom is 0.258 e. The second-order valence-corrected chi connectivity index (χ2v) is 10.5. The molecule has 4 heterocycles. The number of hydrogen-bond acceptors (Lipinski definition) is 0. The van der Waals surface area contributed by atoms with Gasteiger partial charge in [-0.3, -0.25) is 0 Å². The molecule has 2 nitrogen and oxygen atoms in total. The van der Waals surface area contributed by atoms with Crippen molar-refractivity contribution in [1.82, 2.24) is 0 Å². The van der Waals surface area contributed by atoms with Gasteiger partial charge in [-0.1, -0.05) is 68.4 Å². The van der Waals surface area contributed by atoms with Crippen molar-refractivity contribution in [2.24, 2.45) is 0 Å². The summed E-state index contributed by atoms with van der Waals surface area (Å²) in [5.74, 6) is 0. The highest BCUT2D eigenvalue weighted by atomic mass is 15.2. The highest BCUT2D eigenvalue weighted by Crippen LogP contribution is 2.53. The zero-order valence-corrected chi connectivity index (χ0v) is 21.1. The average molecular weight is 469 g/mol. The molecule has 0 N–H and O–H groups in total. The molecule has 7 rings (SSSR count). The van der Waals surface area contributed by atoms with Crippen LogP contribution in [-0.2, 0) is 17.5 Å². The Balaban J connectivity index is 1.66. The number of nitrogens with zero attached hydrogens (tertiary/aromatic N) is 2. The fraction of sp³-hybridized carbons (Fsp3) is 0.235. The Kier molecular flexibility index (Phi) is 4.70. The summed E-state index contributed by atoms with van der Waals surface area (Å²) in [5, 5.41) is 2.64. The molecule has 0 radical (unpaired) electrons. The molecule has 0 fully saturated rings. The molecule has 0 bridgehead atoms. The van der Waals surface area contributed by atoms with Gasteiger partial charge in [-0.05, 0) is 41.6 Å². The number of benzene rings is 3. The number of hydrogen-bond donors (Lipinski definition) is 0.